The summed E-state index contributed by atoms with van der Waals surface area (Å²) in [5, 5.41) is 16.7. The first-order valence-electron chi connectivity index (χ1n) is 22.4. The second-order valence-electron chi connectivity index (χ2n) is 16.7. The Hall–Kier alpha value is -5.58. The van der Waals surface area contributed by atoms with Crippen LogP contribution < -0.4 is 20.4 Å². The minimum Gasteiger partial charge on any atom is -0.446 e. The molecule has 0 spiro atoms. The van der Waals surface area contributed by atoms with E-state index in [0.29, 0.717) is 32.1 Å². The highest BCUT2D eigenvalue weighted by Gasteiger charge is 2.39. The van der Waals surface area contributed by atoms with Gasteiger partial charge in [-0.1, -0.05) is 37.6 Å². The molecule has 2 amide bonds. The summed E-state index contributed by atoms with van der Waals surface area (Å²) < 4.78 is 9.35. The lowest BCUT2D eigenvalue weighted by Gasteiger charge is -2.42. The minimum absolute atomic E-state index is 0.0164. The van der Waals surface area contributed by atoms with Crippen molar-refractivity contribution in [1.29, 1.82) is 0 Å². The molecule has 63 heavy (non-hydrogen) atoms. The third-order valence-corrected chi connectivity index (χ3v) is 12.6. The maximum Gasteiger partial charge on any atom is 0.229 e. The van der Waals surface area contributed by atoms with Gasteiger partial charge in [-0.15, -0.1) is 0 Å². The second kappa shape index (κ2) is 19.4. The van der Waals surface area contributed by atoms with Crippen LogP contribution in [0.25, 0.3) is 11.3 Å². The zero-order chi connectivity index (χ0) is 44.2. The van der Waals surface area contributed by atoms with Crippen molar-refractivity contribution >= 4 is 46.3 Å². The Morgan fingerprint density at radius 1 is 0.746 bits per heavy atom. The number of aromatic nitrogens is 7. The van der Waals surface area contributed by atoms with Crippen LogP contribution in [0.5, 0.6) is 0 Å². The van der Waals surface area contributed by atoms with E-state index in [1.807, 2.05) is 86.1 Å². The number of aryl methyl sites for hydroxylation is 2. The molecule has 2 saturated heterocycles. The van der Waals surface area contributed by atoms with E-state index >= 15 is 0 Å². The molecular weight excluding hydrogens is 818 g/mol. The first-order valence-corrected chi connectivity index (χ1v) is 22.8. The van der Waals surface area contributed by atoms with Crippen LogP contribution in [0.15, 0.2) is 53.2 Å². The Bertz CT molecular complexity index is 2560. The van der Waals surface area contributed by atoms with Gasteiger partial charge in [-0.25, -0.2) is 15.0 Å². The number of hydrogen-bond acceptors (Lipinski definition) is 12. The summed E-state index contributed by atoms with van der Waals surface area (Å²) in [5.74, 6) is 3.95. The molecule has 17 heteroatoms. The molecule has 16 nitrogen and oxygen atoms in total. The summed E-state index contributed by atoms with van der Waals surface area (Å²) >= 11 is 6.07. The summed E-state index contributed by atoms with van der Waals surface area (Å²) in [6.07, 6.45) is 8.09. The zero-order valence-electron chi connectivity index (χ0n) is 37.4. The molecule has 0 unspecified atom stereocenters. The third-order valence-electron chi connectivity index (χ3n) is 12.4. The van der Waals surface area contributed by atoms with Gasteiger partial charge in [0.25, 0.3) is 0 Å². The zero-order valence-corrected chi connectivity index (χ0v) is 38.2. The molecule has 2 N–H and O–H groups in total. The van der Waals surface area contributed by atoms with Gasteiger partial charge in [-0.05, 0) is 57.0 Å². The van der Waals surface area contributed by atoms with Crippen molar-refractivity contribution in [2.24, 2.45) is 11.8 Å². The van der Waals surface area contributed by atoms with Crippen molar-refractivity contribution in [2.45, 2.75) is 66.3 Å². The van der Waals surface area contributed by atoms with Gasteiger partial charge in [0.2, 0.25) is 11.8 Å². The van der Waals surface area contributed by atoms with Crippen molar-refractivity contribution < 1.29 is 14.0 Å². The molecule has 0 aliphatic carbocycles. The highest BCUT2D eigenvalue weighted by Crippen LogP contribution is 2.34. The van der Waals surface area contributed by atoms with E-state index in [1.54, 1.807) is 17.3 Å². The molecule has 0 atom stereocenters. The predicted octanol–water partition coefficient (Wildman–Crippen LogP) is 4.35. The van der Waals surface area contributed by atoms with Gasteiger partial charge in [0, 0.05) is 108 Å². The molecule has 6 aromatic rings. The lowest BCUT2D eigenvalue weighted by Crippen LogP contribution is -2.55. The number of carbonyl (C=O) groups excluding carboxylic acids is 2. The quantitative estimate of drug-likeness (QED) is 0.212. The van der Waals surface area contributed by atoms with Crippen LogP contribution in [0.2, 0.25) is 5.02 Å². The number of rotatable bonds is 9. The van der Waals surface area contributed by atoms with Crippen LogP contribution in [0.3, 0.4) is 0 Å². The van der Waals surface area contributed by atoms with E-state index in [0.717, 1.165) is 128 Å². The molecule has 4 aliphatic rings. The summed E-state index contributed by atoms with van der Waals surface area (Å²) in [6.45, 7) is 15.5. The number of nitrogens with one attached hydrogen (secondary N) is 2. The van der Waals surface area contributed by atoms with Crippen molar-refractivity contribution in [3.63, 3.8) is 0 Å². The number of oxazole rings is 1. The highest BCUT2D eigenvalue weighted by atomic mass is 35.5. The van der Waals surface area contributed by atoms with Crippen LogP contribution in [-0.2, 0) is 48.2 Å². The van der Waals surface area contributed by atoms with Gasteiger partial charge in [0.15, 0.2) is 17.2 Å². The summed E-state index contributed by atoms with van der Waals surface area (Å²) in [7, 11) is 3.73. The minimum atomic E-state index is -0.0263. The molecule has 0 saturated carbocycles. The van der Waals surface area contributed by atoms with E-state index in [-0.39, 0.29) is 23.7 Å². The Kier molecular flexibility index (Phi) is 13.6. The van der Waals surface area contributed by atoms with Gasteiger partial charge >= 0.3 is 0 Å². The van der Waals surface area contributed by atoms with Gasteiger partial charge < -0.3 is 34.7 Å². The average molecular weight is 879 g/mol. The number of amides is 2. The summed E-state index contributed by atoms with van der Waals surface area (Å²) in [4.78, 5) is 48.2. The Balaban J connectivity index is 0.000000166. The van der Waals surface area contributed by atoms with Gasteiger partial charge in [0.1, 0.15) is 23.1 Å². The molecule has 4 aliphatic heterocycles. The monoisotopic (exact) mass is 877 g/mol. The number of benzene rings is 1. The van der Waals surface area contributed by atoms with Crippen molar-refractivity contribution in [3.8, 4) is 0 Å². The predicted molar refractivity (Wildman–Crippen MR) is 245 cm³/mol. The van der Waals surface area contributed by atoms with E-state index in [2.05, 4.69) is 41.7 Å². The molecule has 2 fully saturated rings. The molecule has 10 rings (SSSR count). The van der Waals surface area contributed by atoms with Crippen molar-refractivity contribution in [3.05, 3.63) is 99.2 Å². The number of fused-ring (bicyclic) bond motifs is 4. The molecule has 334 valence electrons. The second-order valence-corrected chi connectivity index (χ2v) is 17.1. The van der Waals surface area contributed by atoms with Crippen LogP contribution in [0.1, 0.15) is 59.3 Å². The van der Waals surface area contributed by atoms with E-state index in [4.69, 9.17) is 26.0 Å². The normalized spacial score (nSPS) is 16.4. The number of anilines is 2. The third kappa shape index (κ3) is 9.39. The molecule has 1 aromatic carbocycles. The van der Waals surface area contributed by atoms with Crippen molar-refractivity contribution in [2.75, 3.05) is 82.8 Å². The SMILES string of the molecule is CC.CN(CCc1cccc(Cl)c1)C(=O)C1CN(c2c3c(nc4ccnn24)CCNCC3)C1.Cc1nc(CN(C)C(=O)C2CN(c3c4c(nc5ccnn35)CCNCC4)C2)c(C)o1. The molecule has 0 radical (unpaired) electrons. The first kappa shape index (κ1) is 44.0. The van der Waals surface area contributed by atoms with E-state index in [9.17, 15) is 9.59 Å². The maximum absolute atomic E-state index is 13.0. The lowest BCUT2D eigenvalue weighted by molar-refractivity contribution is -0.136. The smallest absolute Gasteiger partial charge is 0.229 e. The molecule has 5 aromatic heterocycles. The fourth-order valence-corrected chi connectivity index (χ4v) is 9.25. The Morgan fingerprint density at radius 2 is 1.27 bits per heavy atom. The number of likely N-dealkylation sites (N-methyl/N-ethyl adjacent to an activating group) is 1. The van der Waals surface area contributed by atoms with Crippen molar-refractivity contribution in [1.82, 2.24) is 54.6 Å². The number of carbonyl (C=O) groups is 2. The topological polar surface area (TPSA) is 158 Å². The fourth-order valence-electron chi connectivity index (χ4n) is 9.04. The van der Waals surface area contributed by atoms with Gasteiger partial charge in [-0.2, -0.15) is 19.2 Å². The lowest BCUT2D eigenvalue weighted by atomic mass is 9.96. The summed E-state index contributed by atoms with van der Waals surface area (Å²) in [5.41, 5.74) is 8.54. The molecule has 9 heterocycles. The number of halogens is 1. The average Bonchev–Trinajstić information content (AvgIpc) is 3.89. The standard InChI is InChI=1S/C23H27ClN6O.C21H27N7O2.C2H6/c1-28(12-8-16-3-2-4-18(24)13-16)23(31)17-14-29(15-17)22-19-5-9-25-10-6-20(19)27-21-7-11-26-30(21)22;1-13-18(24-14(2)30-13)12-26(3)21(29)15-10-27(11-15)20-16-4-7-22-8-5-17(16)25-19-6-9-23-28(19)20;1-2/h2-4,7,11,13,17,25H,5-6,8-10,12,14-15H2,1H3;6,9,15,22H,4-5,7-8,10-12H2,1-3H3;1-2H3. The molecular formula is C46H60ClN13O3. The van der Waals surface area contributed by atoms with Crippen LogP contribution >= 0.6 is 11.6 Å². The highest BCUT2D eigenvalue weighted by molar-refractivity contribution is 6.30. The van der Waals surface area contributed by atoms with Gasteiger partial charge in [-0.3, -0.25) is 9.59 Å². The van der Waals surface area contributed by atoms with E-state index in [1.165, 1.54) is 11.1 Å². The van der Waals surface area contributed by atoms with Crippen LogP contribution in [-0.4, -0.2) is 129 Å². The van der Waals surface area contributed by atoms with Crippen LogP contribution in [0.4, 0.5) is 11.6 Å². The number of hydrogen-bond donors (Lipinski definition) is 2. The van der Waals surface area contributed by atoms with Crippen LogP contribution in [0, 0.1) is 25.7 Å². The Labute approximate surface area is 374 Å². The fraction of sp³-hybridized carbons (Fsp3) is 0.500. The summed E-state index contributed by atoms with van der Waals surface area (Å²) in [6, 6.07) is 11.7. The van der Waals surface area contributed by atoms with Gasteiger partial charge in [0.05, 0.1) is 42.2 Å². The largest absolute Gasteiger partial charge is 0.446 e. The van der Waals surface area contributed by atoms with E-state index < -0.39 is 0 Å². The Morgan fingerprint density at radius 3 is 1.78 bits per heavy atom. The first-order chi connectivity index (χ1) is 30.6. The maximum atomic E-state index is 13.0. The molecule has 0 bridgehead atoms. The number of nitrogens with zero attached hydrogens (tertiary/aromatic N) is 11.